The van der Waals surface area contributed by atoms with Gasteiger partial charge in [0.2, 0.25) is 0 Å². The maximum Gasteiger partial charge on any atom is 0.337 e. The van der Waals surface area contributed by atoms with Crippen LogP contribution in [0.5, 0.6) is 11.5 Å². The number of esters is 1. The van der Waals surface area contributed by atoms with Gasteiger partial charge in [0.25, 0.3) is 0 Å². The van der Waals surface area contributed by atoms with Gasteiger partial charge in [0.15, 0.2) is 11.5 Å². The molecule has 0 saturated carbocycles. The molecule has 0 amide bonds. The molecule has 5 rings (SSSR count). The zero-order chi connectivity index (χ0) is 24.9. The number of ether oxygens (including phenoxy) is 2. The van der Waals surface area contributed by atoms with Crippen LogP contribution in [0.25, 0.3) is 33.5 Å². The van der Waals surface area contributed by atoms with E-state index in [0.29, 0.717) is 29.2 Å². The first-order valence-electron chi connectivity index (χ1n) is 10.9. The summed E-state index contributed by atoms with van der Waals surface area (Å²) in [6.07, 6.45) is 0. The molecule has 9 heteroatoms. The van der Waals surface area contributed by atoms with E-state index in [0.717, 1.165) is 27.7 Å². The number of imidazole rings is 2. The first-order valence-corrected chi connectivity index (χ1v) is 10.9. The second kappa shape index (κ2) is 8.35. The van der Waals surface area contributed by atoms with Gasteiger partial charge in [0.1, 0.15) is 5.82 Å². The Morgan fingerprint density at radius 3 is 2.43 bits per heavy atom. The Hall–Kier alpha value is -4.53. The predicted molar refractivity (Wildman–Crippen MR) is 132 cm³/mol. The summed E-state index contributed by atoms with van der Waals surface area (Å²) in [4.78, 5) is 29.3. The molecule has 0 spiro atoms. The zero-order valence-electron chi connectivity index (χ0n) is 19.8. The van der Waals surface area contributed by atoms with Gasteiger partial charge in [-0.25, -0.2) is 14.6 Å². The van der Waals surface area contributed by atoms with E-state index < -0.39 is 5.97 Å². The summed E-state index contributed by atoms with van der Waals surface area (Å²) < 4.78 is 15.4. The smallest absolute Gasteiger partial charge is 0.337 e. The Kier molecular flexibility index (Phi) is 5.32. The molecule has 0 aliphatic rings. The average molecular weight is 473 g/mol. The van der Waals surface area contributed by atoms with Crippen LogP contribution in [0.3, 0.4) is 0 Å². The third-order valence-corrected chi connectivity index (χ3v) is 6.28. The van der Waals surface area contributed by atoms with Crippen molar-refractivity contribution in [1.82, 2.24) is 18.7 Å². The summed E-state index contributed by atoms with van der Waals surface area (Å²) in [6.45, 7) is 0.464. The molecule has 3 aromatic carbocycles. The van der Waals surface area contributed by atoms with E-state index in [1.165, 1.54) is 14.2 Å². The molecule has 0 saturated heterocycles. The highest BCUT2D eigenvalue weighted by molar-refractivity contribution is 5.94. The molecule has 0 aliphatic carbocycles. The first-order chi connectivity index (χ1) is 16.8. The summed E-state index contributed by atoms with van der Waals surface area (Å²) in [5, 5.41) is 10.1. The highest BCUT2D eigenvalue weighted by atomic mass is 16.5. The van der Waals surface area contributed by atoms with Gasteiger partial charge in [-0.2, -0.15) is 0 Å². The summed E-state index contributed by atoms with van der Waals surface area (Å²) in [5.41, 5.74) is 5.16. The number of rotatable bonds is 5. The quantitative estimate of drug-likeness (QED) is 0.393. The van der Waals surface area contributed by atoms with Crippen LogP contribution < -0.4 is 10.4 Å². The van der Waals surface area contributed by atoms with Crippen molar-refractivity contribution < 1.29 is 19.4 Å². The second-order valence-corrected chi connectivity index (χ2v) is 8.33. The Morgan fingerprint density at radius 2 is 1.69 bits per heavy atom. The fraction of sp³-hybridized carbons (Fsp3) is 0.192. The van der Waals surface area contributed by atoms with Crippen molar-refractivity contribution in [1.29, 1.82) is 0 Å². The molecule has 35 heavy (non-hydrogen) atoms. The van der Waals surface area contributed by atoms with E-state index in [2.05, 4.69) is 0 Å². The number of carbonyl (C=O) groups is 1. The number of fused-ring (bicyclic) bond motifs is 2. The molecule has 1 N–H and O–H groups in total. The lowest BCUT2D eigenvalue weighted by Gasteiger charge is -2.12. The van der Waals surface area contributed by atoms with Crippen LogP contribution >= 0.6 is 0 Å². The van der Waals surface area contributed by atoms with E-state index in [-0.39, 0.29) is 11.4 Å². The summed E-state index contributed by atoms with van der Waals surface area (Å²) in [6, 6.07) is 16.2. The van der Waals surface area contributed by atoms with E-state index in [9.17, 15) is 14.7 Å². The number of aromatic nitrogens is 4. The molecular weight excluding hydrogens is 448 g/mol. The molecule has 0 fully saturated rings. The fourth-order valence-corrected chi connectivity index (χ4v) is 4.41. The van der Waals surface area contributed by atoms with Crippen molar-refractivity contribution in [2.75, 3.05) is 14.2 Å². The Morgan fingerprint density at radius 1 is 0.943 bits per heavy atom. The molecule has 0 radical (unpaired) electrons. The number of hydrogen-bond donors (Lipinski definition) is 1. The van der Waals surface area contributed by atoms with Crippen LogP contribution in [-0.4, -0.2) is 44.0 Å². The van der Waals surface area contributed by atoms with Gasteiger partial charge < -0.3 is 19.1 Å². The van der Waals surface area contributed by atoms with Crippen molar-refractivity contribution in [3.05, 3.63) is 76.2 Å². The van der Waals surface area contributed by atoms with Crippen molar-refractivity contribution in [2.45, 2.75) is 6.54 Å². The molecule has 9 nitrogen and oxygen atoms in total. The maximum absolute atomic E-state index is 12.4. The highest BCUT2D eigenvalue weighted by Crippen LogP contribution is 2.33. The van der Waals surface area contributed by atoms with Crippen LogP contribution in [-0.2, 0) is 25.4 Å². The number of benzene rings is 3. The van der Waals surface area contributed by atoms with Crippen molar-refractivity contribution >= 4 is 28.0 Å². The van der Waals surface area contributed by atoms with E-state index in [1.54, 1.807) is 53.6 Å². The zero-order valence-corrected chi connectivity index (χ0v) is 19.8. The SMILES string of the molecule is COC(=O)c1ccc2c(c1)nc(-c1ccc(O)c(OC)c1)n2Cc1ccc2c(c1)n(C)c(=O)n2C. The molecule has 2 aromatic heterocycles. The van der Waals surface area contributed by atoms with Crippen molar-refractivity contribution in [3.8, 4) is 22.9 Å². The number of hydrogen-bond acceptors (Lipinski definition) is 6. The predicted octanol–water partition coefficient (Wildman–Crippen LogP) is 3.44. The maximum atomic E-state index is 12.4. The number of phenols is 1. The lowest BCUT2D eigenvalue weighted by atomic mass is 10.1. The van der Waals surface area contributed by atoms with Gasteiger partial charge in [-0.1, -0.05) is 6.07 Å². The Balaban J connectivity index is 1.70. The van der Waals surface area contributed by atoms with Crippen LogP contribution in [0, 0.1) is 0 Å². The third-order valence-electron chi connectivity index (χ3n) is 6.28. The minimum Gasteiger partial charge on any atom is -0.504 e. The van der Waals surface area contributed by atoms with Crippen LogP contribution in [0.1, 0.15) is 15.9 Å². The number of aromatic hydroxyl groups is 1. The standard InChI is InChI=1S/C26H24N4O5/c1-28-20-8-5-15(11-21(20)29(2)26(28)33)14-30-19-9-6-17(25(32)35-4)12-18(19)27-24(30)16-7-10-22(31)23(13-16)34-3/h5-13,31H,14H2,1-4H3. The Bertz CT molecular complexity index is 1680. The van der Waals surface area contributed by atoms with E-state index in [1.807, 2.05) is 28.8 Å². The lowest BCUT2D eigenvalue weighted by molar-refractivity contribution is 0.0601. The van der Waals surface area contributed by atoms with Gasteiger partial charge >= 0.3 is 11.7 Å². The van der Waals surface area contributed by atoms with Gasteiger partial charge in [-0.3, -0.25) is 9.13 Å². The summed E-state index contributed by atoms with van der Waals surface area (Å²) >= 11 is 0. The van der Waals surface area contributed by atoms with E-state index in [4.69, 9.17) is 14.5 Å². The normalized spacial score (nSPS) is 11.3. The molecule has 5 aromatic rings. The minimum absolute atomic E-state index is 0.0299. The topological polar surface area (TPSA) is 101 Å². The molecule has 178 valence electrons. The van der Waals surface area contributed by atoms with Crippen LogP contribution in [0.2, 0.25) is 0 Å². The Labute approximate surface area is 200 Å². The molecule has 2 heterocycles. The van der Waals surface area contributed by atoms with Gasteiger partial charge in [-0.05, 0) is 54.1 Å². The minimum atomic E-state index is -0.440. The number of methoxy groups -OCH3 is 2. The average Bonchev–Trinajstić information content (AvgIpc) is 3.33. The van der Waals surface area contributed by atoms with Crippen molar-refractivity contribution in [3.63, 3.8) is 0 Å². The van der Waals surface area contributed by atoms with Crippen LogP contribution in [0.4, 0.5) is 0 Å². The number of carbonyl (C=O) groups excluding carboxylic acids is 1. The molecule has 0 aliphatic heterocycles. The van der Waals surface area contributed by atoms with Crippen LogP contribution in [0.15, 0.2) is 59.4 Å². The fourth-order valence-electron chi connectivity index (χ4n) is 4.41. The second-order valence-electron chi connectivity index (χ2n) is 8.33. The third kappa shape index (κ3) is 3.61. The lowest BCUT2D eigenvalue weighted by Crippen LogP contribution is -2.19. The monoisotopic (exact) mass is 472 g/mol. The van der Waals surface area contributed by atoms with Gasteiger partial charge in [0, 0.05) is 26.2 Å². The molecule has 0 unspecified atom stereocenters. The molecular formula is C26H24N4O5. The summed E-state index contributed by atoms with van der Waals surface area (Å²) in [5.74, 6) is 0.562. The van der Waals surface area contributed by atoms with Gasteiger partial charge in [0.05, 0.1) is 41.8 Å². The van der Waals surface area contributed by atoms with Crippen molar-refractivity contribution in [2.24, 2.45) is 14.1 Å². The highest BCUT2D eigenvalue weighted by Gasteiger charge is 2.18. The van der Waals surface area contributed by atoms with E-state index >= 15 is 0 Å². The van der Waals surface area contributed by atoms with Gasteiger partial charge in [-0.15, -0.1) is 0 Å². The molecule has 0 atom stereocenters. The molecule has 0 bridgehead atoms. The number of nitrogens with zero attached hydrogens (tertiary/aromatic N) is 4. The first kappa shape index (κ1) is 22.3. The number of aryl methyl sites for hydroxylation is 2. The largest absolute Gasteiger partial charge is 0.504 e. The summed E-state index contributed by atoms with van der Waals surface area (Å²) in [7, 11) is 6.34. The number of phenolic OH excluding ortho intramolecular Hbond substituents is 1.